The molecule has 2 atom stereocenters. The van der Waals surface area contributed by atoms with Gasteiger partial charge in [0, 0.05) is 12.6 Å². The van der Waals surface area contributed by atoms with Crippen LogP contribution in [0.15, 0.2) is 12.7 Å². The number of nitrogens with one attached hydrogen (secondary N) is 1. The van der Waals surface area contributed by atoms with Crippen molar-refractivity contribution in [2.45, 2.75) is 31.7 Å². The molecule has 3 heteroatoms. The van der Waals surface area contributed by atoms with Gasteiger partial charge in [0.1, 0.15) is 0 Å². The van der Waals surface area contributed by atoms with Crippen molar-refractivity contribution < 1.29 is 0 Å². The van der Waals surface area contributed by atoms with Crippen molar-refractivity contribution >= 4 is 12.4 Å². The molecule has 0 bridgehead atoms. The first-order valence-corrected chi connectivity index (χ1v) is 5.97. The van der Waals surface area contributed by atoms with E-state index in [-0.39, 0.29) is 12.4 Å². The molecule has 2 nitrogen and oxygen atoms in total. The van der Waals surface area contributed by atoms with Gasteiger partial charge in [0.25, 0.3) is 0 Å². The molecule has 2 aliphatic heterocycles. The lowest BCUT2D eigenvalue weighted by atomic mass is 9.87. The fraction of sp³-hybridized carbons (Fsp3) is 0.833. The Hall–Kier alpha value is -0.0500. The molecule has 0 aromatic heterocycles. The minimum Gasteiger partial charge on any atom is -0.316 e. The van der Waals surface area contributed by atoms with E-state index in [4.69, 9.17) is 0 Å². The van der Waals surface area contributed by atoms with Crippen LogP contribution < -0.4 is 5.32 Å². The lowest BCUT2D eigenvalue weighted by Gasteiger charge is -2.40. The maximum absolute atomic E-state index is 3.86. The number of nitrogens with zero attached hydrogens (tertiary/aromatic N) is 1. The minimum atomic E-state index is 0. The summed E-state index contributed by atoms with van der Waals surface area (Å²) in [6.07, 6.45) is 7.57. The fourth-order valence-corrected chi connectivity index (χ4v) is 2.99. The molecule has 1 N–H and O–H groups in total. The van der Waals surface area contributed by atoms with Gasteiger partial charge < -0.3 is 5.32 Å². The largest absolute Gasteiger partial charge is 0.316 e. The molecule has 0 aromatic carbocycles. The molecule has 0 spiro atoms. The van der Waals surface area contributed by atoms with E-state index in [2.05, 4.69) is 22.9 Å². The van der Waals surface area contributed by atoms with E-state index in [1.165, 1.54) is 45.3 Å². The molecular weight excluding hydrogens is 208 g/mol. The van der Waals surface area contributed by atoms with Crippen molar-refractivity contribution in [3.63, 3.8) is 0 Å². The van der Waals surface area contributed by atoms with Gasteiger partial charge in [-0.2, -0.15) is 0 Å². The van der Waals surface area contributed by atoms with E-state index < -0.39 is 0 Å². The van der Waals surface area contributed by atoms with Gasteiger partial charge in [-0.3, -0.25) is 4.90 Å². The third-order valence-electron chi connectivity index (χ3n) is 3.66. The highest BCUT2D eigenvalue weighted by Crippen LogP contribution is 2.27. The smallest absolute Gasteiger partial charge is 0.0163 e. The van der Waals surface area contributed by atoms with Gasteiger partial charge in [0.05, 0.1) is 0 Å². The average Bonchev–Trinajstić information content (AvgIpc) is 2.44. The number of fused-ring (bicyclic) bond motifs is 1. The first-order valence-electron chi connectivity index (χ1n) is 5.97. The predicted molar refractivity (Wildman–Crippen MR) is 67.6 cm³/mol. The highest BCUT2D eigenvalue weighted by atomic mass is 35.5. The van der Waals surface area contributed by atoms with Crippen molar-refractivity contribution in [1.82, 2.24) is 10.2 Å². The molecule has 0 radical (unpaired) electrons. The maximum atomic E-state index is 3.86. The zero-order chi connectivity index (χ0) is 9.80. The third-order valence-corrected chi connectivity index (χ3v) is 3.66. The Morgan fingerprint density at radius 2 is 2.20 bits per heavy atom. The van der Waals surface area contributed by atoms with E-state index in [0.29, 0.717) is 0 Å². The highest BCUT2D eigenvalue weighted by molar-refractivity contribution is 5.85. The molecule has 2 aliphatic rings. The quantitative estimate of drug-likeness (QED) is 0.731. The molecule has 88 valence electrons. The number of piperidine rings is 1. The van der Waals surface area contributed by atoms with Crippen LogP contribution in [-0.2, 0) is 0 Å². The van der Waals surface area contributed by atoms with Gasteiger partial charge in [0.2, 0.25) is 0 Å². The molecule has 0 aliphatic carbocycles. The lowest BCUT2D eigenvalue weighted by Crippen LogP contribution is -2.46. The third kappa shape index (κ3) is 3.20. The molecular formula is C12H23ClN2. The molecule has 2 rings (SSSR count). The van der Waals surface area contributed by atoms with Crippen molar-refractivity contribution in [2.75, 3.05) is 26.2 Å². The first-order chi connectivity index (χ1) is 6.92. The second-order valence-electron chi connectivity index (χ2n) is 4.60. The summed E-state index contributed by atoms with van der Waals surface area (Å²) in [5, 5.41) is 3.56. The van der Waals surface area contributed by atoms with E-state index in [1.807, 2.05) is 0 Å². The summed E-state index contributed by atoms with van der Waals surface area (Å²) >= 11 is 0. The zero-order valence-corrected chi connectivity index (χ0v) is 10.3. The molecule has 2 saturated heterocycles. The van der Waals surface area contributed by atoms with Gasteiger partial charge in [-0.15, -0.1) is 19.0 Å². The number of hydrogen-bond acceptors (Lipinski definition) is 2. The summed E-state index contributed by atoms with van der Waals surface area (Å²) < 4.78 is 0. The van der Waals surface area contributed by atoms with Crippen molar-refractivity contribution in [2.24, 2.45) is 5.92 Å². The maximum Gasteiger partial charge on any atom is 0.0163 e. The molecule has 0 aromatic rings. The Bertz CT molecular complexity index is 196. The molecule has 15 heavy (non-hydrogen) atoms. The summed E-state index contributed by atoms with van der Waals surface area (Å²) in [5.74, 6) is 0.895. The minimum absolute atomic E-state index is 0. The van der Waals surface area contributed by atoms with Gasteiger partial charge in [0.15, 0.2) is 0 Å². The van der Waals surface area contributed by atoms with Gasteiger partial charge in [-0.1, -0.05) is 6.08 Å². The van der Waals surface area contributed by atoms with Gasteiger partial charge in [-0.25, -0.2) is 0 Å². The molecule has 2 unspecified atom stereocenters. The summed E-state index contributed by atoms with van der Waals surface area (Å²) in [5.41, 5.74) is 0. The predicted octanol–water partition coefficient (Wildman–Crippen LogP) is 2.06. The summed E-state index contributed by atoms with van der Waals surface area (Å²) in [6.45, 7) is 8.68. The fourth-order valence-electron chi connectivity index (χ4n) is 2.99. The Kier molecular flexibility index (Phi) is 5.65. The van der Waals surface area contributed by atoms with Gasteiger partial charge in [-0.05, 0) is 51.2 Å². The molecule has 0 amide bonds. The lowest BCUT2D eigenvalue weighted by molar-refractivity contribution is 0.105. The Balaban J connectivity index is 0.00000112. The second kappa shape index (κ2) is 6.51. The van der Waals surface area contributed by atoms with Crippen molar-refractivity contribution in [3.05, 3.63) is 12.7 Å². The van der Waals surface area contributed by atoms with Crippen LogP contribution in [-0.4, -0.2) is 37.1 Å². The number of rotatable bonds is 2. The number of hydrogen-bond donors (Lipinski definition) is 1. The van der Waals surface area contributed by atoms with Crippen LogP contribution in [0.4, 0.5) is 0 Å². The summed E-state index contributed by atoms with van der Waals surface area (Å²) in [7, 11) is 0. The number of halogens is 1. The van der Waals surface area contributed by atoms with Crippen LogP contribution >= 0.6 is 12.4 Å². The normalized spacial score (nSPS) is 32.3. The summed E-state index contributed by atoms with van der Waals surface area (Å²) in [6, 6.07) is 0.830. The van der Waals surface area contributed by atoms with E-state index in [9.17, 15) is 0 Å². The van der Waals surface area contributed by atoms with Crippen LogP contribution in [0.1, 0.15) is 25.7 Å². The molecule has 2 fully saturated rings. The van der Waals surface area contributed by atoms with Crippen molar-refractivity contribution in [1.29, 1.82) is 0 Å². The van der Waals surface area contributed by atoms with Crippen LogP contribution in [0.5, 0.6) is 0 Å². The van der Waals surface area contributed by atoms with Crippen molar-refractivity contribution in [3.8, 4) is 0 Å². The van der Waals surface area contributed by atoms with E-state index in [0.717, 1.165) is 18.5 Å². The van der Waals surface area contributed by atoms with Crippen LogP contribution in [0.3, 0.4) is 0 Å². The monoisotopic (exact) mass is 230 g/mol. The Labute approximate surface area is 99.5 Å². The number of likely N-dealkylation sites (tertiary alicyclic amines) is 1. The second-order valence-corrected chi connectivity index (χ2v) is 4.60. The van der Waals surface area contributed by atoms with Gasteiger partial charge >= 0.3 is 0 Å². The Morgan fingerprint density at radius 3 is 3.00 bits per heavy atom. The zero-order valence-electron chi connectivity index (χ0n) is 9.45. The first kappa shape index (κ1) is 13.0. The SMILES string of the molecule is C=CCN1CCCC2CNCCCC21.Cl. The van der Waals surface area contributed by atoms with E-state index in [1.54, 1.807) is 0 Å². The molecule has 2 heterocycles. The standard InChI is InChI=1S/C12H22N2.ClH/c1-2-8-14-9-4-5-11-10-13-7-3-6-12(11)14;/h2,11-13H,1,3-10H2;1H. The highest BCUT2D eigenvalue weighted by Gasteiger charge is 2.31. The van der Waals surface area contributed by atoms with E-state index >= 15 is 0 Å². The van der Waals surface area contributed by atoms with Crippen LogP contribution in [0.25, 0.3) is 0 Å². The topological polar surface area (TPSA) is 15.3 Å². The van der Waals surface area contributed by atoms with Crippen LogP contribution in [0, 0.1) is 5.92 Å². The van der Waals surface area contributed by atoms with Crippen LogP contribution in [0.2, 0.25) is 0 Å². The Morgan fingerprint density at radius 1 is 1.33 bits per heavy atom. The summed E-state index contributed by atoms with van der Waals surface area (Å²) in [4.78, 5) is 2.63. The molecule has 0 saturated carbocycles. The average molecular weight is 231 g/mol.